The summed E-state index contributed by atoms with van der Waals surface area (Å²) in [5.41, 5.74) is 7.18. The van der Waals surface area contributed by atoms with Crippen molar-refractivity contribution in [2.45, 2.75) is 44.2 Å². The molecule has 0 aliphatic heterocycles. The van der Waals surface area contributed by atoms with Crippen molar-refractivity contribution in [3.8, 4) is 0 Å². The first kappa shape index (κ1) is 13.8. The van der Waals surface area contributed by atoms with Crippen LogP contribution in [0.1, 0.15) is 31.2 Å². The van der Waals surface area contributed by atoms with E-state index in [1.165, 1.54) is 5.56 Å². The molecule has 1 aliphatic carbocycles. The van der Waals surface area contributed by atoms with Crippen molar-refractivity contribution in [2.75, 3.05) is 0 Å². The van der Waals surface area contributed by atoms with E-state index in [1.807, 2.05) is 18.2 Å². The Balaban J connectivity index is 1.74. The molecule has 19 heavy (non-hydrogen) atoms. The Morgan fingerprint density at radius 3 is 2.79 bits per heavy atom. The summed E-state index contributed by atoms with van der Waals surface area (Å²) in [7, 11) is 0. The van der Waals surface area contributed by atoms with Crippen LogP contribution in [0.25, 0.3) is 0 Å². The number of nitrogens with two attached hydrogens (primary N) is 1. The van der Waals surface area contributed by atoms with E-state index < -0.39 is 6.04 Å². The summed E-state index contributed by atoms with van der Waals surface area (Å²) in [5.74, 6) is -0.0174. The maximum absolute atomic E-state index is 12.0. The second kappa shape index (κ2) is 7.10. The minimum atomic E-state index is -0.411. The van der Waals surface area contributed by atoms with Crippen molar-refractivity contribution in [3.63, 3.8) is 0 Å². The Morgan fingerprint density at radius 1 is 1.32 bits per heavy atom. The summed E-state index contributed by atoms with van der Waals surface area (Å²) in [6, 6.07) is 10.00. The maximum atomic E-state index is 12.0. The summed E-state index contributed by atoms with van der Waals surface area (Å²) >= 11 is 0. The minimum absolute atomic E-state index is 0.0174. The second-order valence-electron chi connectivity index (χ2n) is 5.12. The summed E-state index contributed by atoms with van der Waals surface area (Å²) in [6.07, 6.45) is 8.83. The Hall–Kier alpha value is -1.61. The summed E-state index contributed by atoms with van der Waals surface area (Å²) in [5, 5.41) is 3.04. The standard InChI is InChI=1S/C16H22N2O/c17-15(12-11-13-7-3-1-4-8-13)16(19)18-14-9-5-2-6-10-14/h1-5,7-8,14-15H,6,9-12,17H2,(H,18,19)/t14?,15-/m0/s1. The molecule has 3 N–H and O–H groups in total. The van der Waals surface area contributed by atoms with E-state index in [0.29, 0.717) is 6.42 Å². The van der Waals surface area contributed by atoms with Crippen LogP contribution in [0.5, 0.6) is 0 Å². The lowest BCUT2D eigenvalue weighted by Gasteiger charge is -2.21. The largest absolute Gasteiger partial charge is 0.352 e. The highest BCUT2D eigenvalue weighted by molar-refractivity contribution is 5.81. The van der Waals surface area contributed by atoms with Gasteiger partial charge in [-0.25, -0.2) is 0 Å². The Kier molecular flexibility index (Phi) is 5.16. The van der Waals surface area contributed by atoms with Gasteiger partial charge in [0.15, 0.2) is 0 Å². The molecule has 1 aromatic rings. The first-order chi connectivity index (χ1) is 9.25. The molecule has 102 valence electrons. The summed E-state index contributed by atoms with van der Waals surface area (Å²) < 4.78 is 0. The van der Waals surface area contributed by atoms with Crippen LogP contribution in [0.2, 0.25) is 0 Å². The van der Waals surface area contributed by atoms with Gasteiger partial charge >= 0.3 is 0 Å². The Morgan fingerprint density at radius 2 is 2.11 bits per heavy atom. The summed E-state index contributed by atoms with van der Waals surface area (Å²) in [6.45, 7) is 0. The van der Waals surface area contributed by atoms with Crippen molar-refractivity contribution in [1.29, 1.82) is 0 Å². The fraction of sp³-hybridized carbons (Fsp3) is 0.438. The lowest BCUT2D eigenvalue weighted by molar-refractivity contribution is -0.123. The van der Waals surface area contributed by atoms with Crippen LogP contribution in [0.3, 0.4) is 0 Å². The predicted octanol–water partition coefficient (Wildman–Crippen LogP) is 2.17. The molecule has 2 atom stereocenters. The number of benzene rings is 1. The third-order valence-electron chi connectivity index (χ3n) is 3.54. The topological polar surface area (TPSA) is 55.1 Å². The van der Waals surface area contributed by atoms with Crippen molar-refractivity contribution < 1.29 is 4.79 Å². The monoisotopic (exact) mass is 258 g/mol. The molecule has 0 spiro atoms. The van der Waals surface area contributed by atoms with E-state index in [9.17, 15) is 4.79 Å². The molecule has 0 aromatic heterocycles. The van der Waals surface area contributed by atoms with Gasteiger partial charge in [0.25, 0.3) is 0 Å². The zero-order valence-electron chi connectivity index (χ0n) is 11.2. The second-order valence-corrected chi connectivity index (χ2v) is 5.12. The highest BCUT2D eigenvalue weighted by Crippen LogP contribution is 2.11. The number of hydrogen-bond donors (Lipinski definition) is 2. The Labute approximate surface area is 114 Å². The molecule has 0 radical (unpaired) electrons. The highest BCUT2D eigenvalue weighted by Gasteiger charge is 2.18. The molecule has 0 heterocycles. The highest BCUT2D eigenvalue weighted by atomic mass is 16.2. The number of carbonyl (C=O) groups is 1. The van der Waals surface area contributed by atoms with Gasteiger partial charge in [0.05, 0.1) is 6.04 Å². The number of nitrogens with one attached hydrogen (secondary N) is 1. The lowest BCUT2D eigenvalue weighted by Crippen LogP contribution is -2.45. The SMILES string of the molecule is N[C@@H](CCc1ccccc1)C(=O)NC1CC=CCC1. The number of rotatable bonds is 5. The molecule has 1 aromatic carbocycles. The van der Waals surface area contributed by atoms with E-state index in [2.05, 4.69) is 29.6 Å². The van der Waals surface area contributed by atoms with Crippen molar-refractivity contribution in [2.24, 2.45) is 5.73 Å². The fourth-order valence-electron chi connectivity index (χ4n) is 2.33. The van der Waals surface area contributed by atoms with Crippen molar-refractivity contribution >= 4 is 5.91 Å². The molecule has 1 aliphatic rings. The fourth-order valence-corrected chi connectivity index (χ4v) is 2.33. The lowest BCUT2D eigenvalue weighted by atomic mass is 10.0. The van der Waals surface area contributed by atoms with Crippen LogP contribution in [-0.4, -0.2) is 18.0 Å². The van der Waals surface area contributed by atoms with Crippen LogP contribution in [0.4, 0.5) is 0 Å². The van der Waals surface area contributed by atoms with Crippen LogP contribution < -0.4 is 11.1 Å². The van der Waals surface area contributed by atoms with Gasteiger partial charge in [-0.05, 0) is 37.7 Å². The third-order valence-corrected chi connectivity index (χ3v) is 3.54. The minimum Gasteiger partial charge on any atom is -0.352 e. The number of amides is 1. The molecule has 2 rings (SSSR count). The van der Waals surface area contributed by atoms with E-state index in [1.54, 1.807) is 0 Å². The molecule has 0 fully saturated rings. The van der Waals surface area contributed by atoms with Gasteiger partial charge < -0.3 is 11.1 Å². The van der Waals surface area contributed by atoms with Crippen LogP contribution in [-0.2, 0) is 11.2 Å². The van der Waals surface area contributed by atoms with Crippen molar-refractivity contribution in [1.82, 2.24) is 5.32 Å². The smallest absolute Gasteiger partial charge is 0.237 e. The third kappa shape index (κ3) is 4.52. The Bertz CT molecular complexity index is 428. The van der Waals surface area contributed by atoms with Gasteiger partial charge in [-0.2, -0.15) is 0 Å². The van der Waals surface area contributed by atoms with E-state index in [4.69, 9.17) is 5.73 Å². The van der Waals surface area contributed by atoms with Gasteiger partial charge in [0.1, 0.15) is 0 Å². The van der Waals surface area contributed by atoms with Crippen LogP contribution >= 0.6 is 0 Å². The van der Waals surface area contributed by atoms with Gasteiger partial charge in [-0.3, -0.25) is 4.79 Å². The molecule has 1 amide bonds. The average molecular weight is 258 g/mol. The van der Waals surface area contributed by atoms with Crippen LogP contribution in [0.15, 0.2) is 42.5 Å². The number of aryl methyl sites for hydroxylation is 1. The predicted molar refractivity (Wildman–Crippen MR) is 77.7 cm³/mol. The van der Waals surface area contributed by atoms with Crippen LogP contribution in [0, 0.1) is 0 Å². The maximum Gasteiger partial charge on any atom is 0.237 e. The normalized spacial score (nSPS) is 19.9. The van der Waals surface area contributed by atoms with Gasteiger partial charge in [0, 0.05) is 6.04 Å². The average Bonchev–Trinajstić information content (AvgIpc) is 2.47. The summed E-state index contributed by atoms with van der Waals surface area (Å²) in [4.78, 5) is 12.0. The molecular formula is C16H22N2O. The molecule has 0 saturated carbocycles. The molecule has 3 nitrogen and oxygen atoms in total. The van der Waals surface area contributed by atoms with Gasteiger partial charge in [0.2, 0.25) is 5.91 Å². The molecular weight excluding hydrogens is 236 g/mol. The number of hydrogen-bond acceptors (Lipinski definition) is 2. The zero-order chi connectivity index (χ0) is 13.5. The number of carbonyl (C=O) groups excluding carboxylic acids is 1. The van der Waals surface area contributed by atoms with Gasteiger partial charge in [-0.15, -0.1) is 0 Å². The van der Waals surface area contributed by atoms with E-state index in [-0.39, 0.29) is 11.9 Å². The van der Waals surface area contributed by atoms with Gasteiger partial charge in [-0.1, -0.05) is 42.5 Å². The quantitative estimate of drug-likeness (QED) is 0.795. The zero-order valence-corrected chi connectivity index (χ0v) is 11.2. The molecule has 1 unspecified atom stereocenters. The molecule has 0 saturated heterocycles. The van der Waals surface area contributed by atoms with E-state index in [0.717, 1.165) is 25.7 Å². The molecule has 0 bridgehead atoms. The number of allylic oxidation sites excluding steroid dienone is 1. The first-order valence-corrected chi connectivity index (χ1v) is 7.00. The van der Waals surface area contributed by atoms with E-state index >= 15 is 0 Å². The molecule has 3 heteroatoms. The van der Waals surface area contributed by atoms with Crippen molar-refractivity contribution in [3.05, 3.63) is 48.0 Å². The first-order valence-electron chi connectivity index (χ1n) is 7.00.